The minimum atomic E-state index is 0.234. The van der Waals surface area contributed by atoms with Gasteiger partial charge in [-0.1, -0.05) is 6.92 Å². The van der Waals surface area contributed by atoms with Gasteiger partial charge in [0.25, 0.3) is 0 Å². The average Bonchev–Trinajstić information content (AvgIpc) is 2.64. The third-order valence-corrected chi connectivity index (χ3v) is 5.72. The van der Waals surface area contributed by atoms with E-state index in [1.807, 2.05) is 0 Å². The first-order valence-electron chi connectivity index (χ1n) is 8.38. The molecule has 2 saturated heterocycles. The number of piperidine rings is 1. The van der Waals surface area contributed by atoms with Crippen molar-refractivity contribution < 1.29 is 0 Å². The first-order valence-corrected chi connectivity index (χ1v) is 8.38. The number of likely N-dealkylation sites (N-methyl/N-ethyl adjacent to an activating group) is 1. The lowest BCUT2D eigenvalue weighted by Crippen LogP contribution is -2.64. The molecular weight excluding hydrogens is 248 g/mol. The zero-order valence-corrected chi connectivity index (χ0v) is 13.9. The standard InChI is InChI=1S/C16H34N4/c1-5-15-12-18(3)8-6-9-20(15)16(13-17)7-10-19(4)14(2)11-16/h14-15H,5-13,17H2,1-4H3. The highest BCUT2D eigenvalue weighted by Crippen LogP contribution is 2.34. The van der Waals surface area contributed by atoms with E-state index in [4.69, 9.17) is 5.73 Å². The second-order valence-corrected chi connectivity index (χ2v) is 7.08. The van der Waals surface area contributed by atoms with E-state index in [0.717, 1.165) is 6.54 Å². The molecule has 0 amide bonds. The van der Waals surface area contributed by atoms with Crippen LogP contribution < -0.4 is 5.73 Å². The van der Waals surface area contributed by atoms with Gasteiger partial charge in [0, 0.05) is 37.3 Å². The van der Waals surface area contributed by atoms with Crippen LogP contribution in [0, 0.1) is 0 Å². The van der Waals surface area contributed by atoms with Crippen LogP contribution in [0.15, 0.2) is 0 Å². The largest absolute Gasteiger partial charge is 0.329 e. The number of nitrogens with zero attached hydrogens (tertiary/aromatic N) is 3. The molecule has 0 saturated carbocycles. The van der Waals surface area contributed by atoms with Crippen molar-refractivity contribution in [3.05, 3.63) is 0 Å². The summed E-state index contributed by atoms with van der Waals surface area (Å²) in [6, 6.07) is 1.31. The monoisotopic (exact) mass is 282 g/mol. The molecule has 2 N–H and O–H groups in total. The van der Waals surface area contributed by atoms with Crippen molar-refractivity contribution in [3.8, 4) is 0 Å². The van der Waals surface area contributed by atoms with Crippen LogP contribution >= 0.6 is 0 Å². The van der Waals surface area contributed by atoms with Crippen LogP contribution in [0.5, 0.6) is 0 Å². The Morgan fingerprint density at radius 1 is 1.20 bits per heavy atom. The molecule has 118 valence electrons. The van der Waals surface area contributed by atoms with Gasteiger partial charge in [-0.25, -0.2) is 0 Å². The normalized spacial score (nSPS) is 38.9. The molecule has 0 bridgehead atoms. The lowest BCUT2D eigenvalue weighted by molar-refractivity contribution is -0.0160. The molecule has 0 aromatic carbocycles. The van der Waals surface area contributed by atoms with Crippen LogP contribution in [-0.2, 0) is 0 Å². The van der Waals surface area contributed by atoms with E-state index >= 15 is 0 Å². The highest BCUT2D eigenvalue weighted by atomic mass is 15.3. The molecule has 20 heavy (non-hydrogen) atoms. The van der Waals surface area contributed by atoms with Crippen molar-refractivity contribution >= 4 is 0 Å². The van der Waals surface area contributed by atoms with Gasteiger partial charge in [-0.15, -0.1) is 0 Å². The number of hydrogen-bond donors (Lipinski definition) is 1. The van der Waals surface area contributed by atoms with Gasteiger partial charge in [0.2, 0.25) is 0 Å². The maximum atomic E-state index is 6.31. The molecule has 4 heteroatoms. The van der Waals surface area contributed by atoms with Crippen molar-refractivity contribution in [3.63, 3.8) is 0 Å². The molecule has 3 atom stereocenters. The Morgan fingerprint density at radius 2 is 1.95 bits per heavy atom. The fraction of sp³-hybridized carbons (Fsp3) is 1.00. The predicted octanol–water partition coefficient (Wildman–Crippen LogP) is 1.21. The Morgan fingerprint density at radius 3 is 2.55 bits per heavy atom. The van der Waals surface area contributed by atoms with Crippen LogP contribution in [0.4, 0.5) is 0 Å². The van der Waals surface area contributed by atoms with Crippen LogP contribution in [-0.4, -0.2) is 79.1 Å². The number of likely N-dealkylation sites (tertiary alicyclic amines) is 1. The van der Waals surface area contributed by atoms with E-state index in [2.05, 4.69) is 42.6 Å². The molecule has 2 aliphatic rings. The quantitative estimate of drug-likeness (QED) is 0.844. The lowest BCUT2D eigenvalue weighted by Gasteiger charge is -2.52. The summed E-state index contributed by atoms with van der Waals surface area (Å²) in [7, 11) is 4.51. The zero-order valence-electron chi connectivity index (χ0n) is 13.9. The van der Waals surface area contributed by atoms with Gasteiger partial charge in [0.1, 0.15) is 0 Å². The van der Waals surface area contributed by atoms with Gasteiger partial charge < -0.3 is 15.5 Å². The summed E-state index contributed by atoms with van der Waals surface area (Å²) in [6.07, 6.45) is 4.96. The van der Waals surface area contributed by atoms with E-state index in [1.165, 1.54) is 51.9 Å². The minimum absolute atomic E-state index is 0.234. The maximum Gasteiger partial charge on any atom is 0.0362 e. The van der Waals surface area contributed by atoms with E-state index < -0.39 is 0 Å². The van der Waals surface area contributed by atoms with Gasteiger partial charge in [0.05, 0.1) is 0 Å². The number of hydrogen-bond acceptors (Lipinski definition) is 4. The predicted molar refractivity (Wildman–Crippen MR) is 86.0 cm³/mol. The van der Waals surface area contributed by atoms with Crippen molar-refractivity contribution in [2.24, 2.45) is 5.73 Å². The van der Waals surface area contributed by atoms with E-state index in [9.17, 15) is 0 Å². The summed E-state index contributed by atoms with van der Waals surface area (Å²) in [5, 5.41) is 0. The molecule has 2 rings (SSSR count). The Bertz CT molecular complexity index is 309. The molecule has 0 radical (unpaired) electrons. The SMILES string of the molecule is CCC1CN(C)CCCN1C1(CN)CCN(C)C(C)C1. The molecule has 0 aromatic rings. The molecule has 0 aromatic heterocycles. The topological polar surface area (TPSA) is 35.7 Å². The molecule has 0 spiro atoms. The lowest BCUT2D eigenvalue weighted by atomic mass is 9.80. The smallest absolute Gasteiger partial charge is 0.0362 e. The van der Waals surface area contributed by atoms with Crippen molar-refractivity contribution in [2.75, 3.05) is 46.8 Å². The van der Waals surface area contributed by atoms with Crippen molar-refractivity contribution in [1.29, 1.82) is 0 Å². The first-order chi connectivity index (χ1) is 9.52. The van der Waals surface area contributed by atoms with Crippen molar-refractivity contribution in [1.82, 2.24) is 14.7 Å². The zero-order chi connectivity index (χ0) is 14.8. The van der Waals surface area contributed by atoms with Crippen molar-refractivity contribution in [2.45, 2.75) is 57.2 Å². The summed E-state index contributed by atoms with van der Waals surface area (Å²) in [4.78, 5) is 7.77. The Balaban J connectivity index is 2.19. The van der Waals surface area contributed by atoms with Crippen LogP contribution in [0.2, 0.25) is 0 Å². The summed E-state index contributed by atoms with van der Waals surface area (Å²) in [5.41, 5.74) is 6.54. The van der Waals surface area contributed by atoms with E-state index in [0.29, 0.717) is 12.1 Å². The molecule has 2 heterocycles. The first kappa shape index (κ1) is 16.2. The van der Waals surface area contributed by atoms with Gasteiger partial charge >= 0.3 is 0 Å². The highest BCUT2D eigenvalue weighted by Gasteiger charge is 2.43. The maximum absolute atomic E-state index is 6.31. The second kappa shape index (κ2) is 6.73. The van der Waals surface area contributed by atoms with E-state index in [-0.39, 0.29) is 5.54 Å². The fourth-order valence-electron chi connectivity index (χ4n) is 4.19. The summed E-state index contributed by atoms with van der Waals surface area (Å²) in [5.74, 6) is 0. The van der Waals surface area contributed by atoms with Gasteiger partial charge in [0.15, 0.2) is 0 Å². The molecule has 4 nitrogen and oxygen atoms in total. The molecule has 0 aliphatic carbocycles. The van der Waals surface area contributed by atoms with Crippen LogP contribution in [0.1, 0.15) is 39.5 Å². The number of nitrogens with two attached hydrogens (primary N) is 1. The third-order valence-electron chi connectivity index (χ3n) is 5.72. The van der Waals surface area contributed by atoms with Gasteiger partial charge in [-0.3, -0.25) is 4.90 Å². The summed E-state index contributed by atoms with van der Waals surface area (Å²) >= 11 is 0. The summed E-state index contributed by atoms with van der Waals surface area (Å²) < 4.78 is 0. The summed E-state index contributed by atoms with van der Waals surface area (Å²) in [6.45, 7) is 10.3. The second-order valence-electron chi connectivity index (χ2n) is 7.08. The third kappa shape index (κ3) is 3.19. The highest BCUT2D eigenvalue weighted by molar-refractivity contribution is 5.01. The Hall–Kier alpha value is -0.160. The van der Waals surface area contributed by atoms with Crippen LogP contribution in [0.3, 0.4) is 0 Å². The Kier molecular flexibility index (Phi) is 5.46. The fourth-order valence-corrected chi connectivity index (χ4v) is 4.19. The minimum Gasteiger partial charge on any atom is -0.329 e. The molecule has 2 aliphatic heterocycles. The van der Waals surface area contributed by atoms with Gasteiger partial charge in [-0.05, 0) is 59.8 Å². The molecule has 3 unspecified atom stereocenters. The van der Waals surface area contributed by atoms with E-state index in [1.54, 1.807) is 0 Å². The number of rotatable bonds is 3. The average molecular weight is 282 g/mol. The molecular formula is C16H34N4. The molecule has 2 fully saturated rings. The van der Waals surface area contributed by atoms with Gasteiger partial charge in [-0.2, -0.15) is 0 Å². The van der Waals surface area contributed by atoms with Crippen LogP contribution in [0.25, 0.3) is 0 Å². The Labute approximate surface area is 125 Å².